The lowest BCUT2D eigenvalue weighted by atomic mass is 9.82. The van der Waals surface area contributed by atoms with Crippen LogP contribution in [0.15, 0.2) is 42.6 Å². The van der Waals surface area contributed by atoms with Gasteiger partial charge in [-0.15, -0.1) is 0 Å². The Bertz CT molecular complexity index is 1010. The van der Waals surface area contributed by atoms with Crippen molar-refractivity contribution in [3.05, 3.63) is 53.9 Å². The molecule has 0 radical (unpaired) electrons. The Balaban J connectivity index is 1.26. The van der Waals surface area contributed by atoms with Crippen molar-refractivity contribution >= 4 is 5.91 Å². The van der Waals surface area contributed by atoms with Gasteiger partial charge in [0.15, 0.2) is 11.5 Å². The fraction of sp³-hybridized carbons (Fsp3) is 0.500. The molecule has 7 nitrogen and oxygen atoms in total. The lowest BCUT2D eigenvalue weighted by Gasteiger charge is -2.41. The van der Waals surface area contributed by atoms with E-state index >= 15 is 0 Å². The second-order valence-corrected chi connectivity index (χ2v) is 8.83. The molecule has 3 fully saturated rings. The van der Waals surface area contributed by atoms with E-state index in [0.29, 0.717) is 36.6 Å². The Kier molecular flexibility index (Phi) is 5.70. The van der Waals surface area contributed by atoms with Crippen molar-refractivity contribution in [3.8, 4) is 11.5 Å². The number of halogens is 2. The van der Waals surface area contributed by atoms with E-state index in [9.17, 15) is 13.6 Å². The maximum Gasteiger partial charge on any atom is 0.254 e. The van der Waals surface area contributed by atoms with Crippen LogP contribution >= 0.6 is 0 Å². The van der Waals surface area contributed by atoms with Crippen LogP contribution in [0.25, 0.3) is 0 Å². The quantitative estimate of drug-likeness (QED) is 0.656. The first-order chi connectivity index (χ1) is 15.9. The minimum atomic E-state index is -2.58. The zero-order valence-corrected chi connectivity index (χ0v) is 18.3. The smallest absolute Gasteiger partial charge is 0.254 e. The van der Waals surface area contributed by atoms with E-state index in [1.807, 2.05) is 18.2 Å². The number of nitrogens with zero attached hydrogens (tertiary/aromatic N) is 2. The van der Waals surface area contributed by atoms with Crippen LogP contribution in [-0.4, -0.2) is 61.4 Å². The highest BCUT2D eigenvalue weighted by Crippen LogP contribution is 2.43. The third-order valence-electron chi connectivity index (χ3n) is 6.69. The molecule has 3 aliphatic rings. The SMILES string of the molecule is COc1cc(C(=O)N2CCC3(c4ccccn4)OCOC3C2)ccc1OCC1CC(F)(F)C1. The molecule has 1 amide bonds. The molecule has 1 aromatic heterocycles. The normalized spacial score (nSPS) is 26.4. The second-order valence-electron chi connectivity index (χ2n) is 8.83. The number of carbonyl (C=O) groups is 1. The Morgan fingerprint density at radius 2 is 2.09 bits per heavy atom. The first-order valence-corrected chi connectivity index (χ1v) is 11.1. The highest BCUT2D eigenvalue weighted by molar-refractivity contribution is 5.95. The summed E-state index contributed by atoms with van der Waals surface area (Å²) in [6, 6.07) is 10.6. The highest BCUT2D eigenvalue weighted by atomic mass is 19.3. The van der Waals surface area contributed by atoms with E-state index in [2.05, 4.69) is 4.98 Å². The third-order valence-corrected chi connectivity index (χ3v) is 6.69. The summed E-state index contributed by atoms with van der Waals surface area (Å²) in [7, 11) is 1.49. The summed E-state index contributed by atoms with van der Waals surface area (Å²) in [4.78, 5) is 19.4. The predicted molar refractivity (Wildman–Crippen MR) is 113 cm³/mol. The molecule has 2 unspecified atom stereocenters. The van der Waals surface area contributed by atoms with E-state index < -0.39 is 11.5 Å². The topological polar surface area (TPSA) is 70.1 Å². The van der Waals surface area contributed by atoms with Gasteiger partial charge in [0, 0.05) is 43.5 Å². The molecule has 33 heavy (non-hydrogen) atoms. The summed E-state index contributed by atoms with van der Waals surface area (Å²) in [6.45, 7) is 1.23. The van der Waals surface area contributed by atoms with Gasteiger partial charge >= 0.3 is 0 Å². The summed E-state index contributed by atoms with van der Waals surface area (Å²) in [5.74, 6) is -2.07. The molecule has 5 rings (SSSR count). The lowest BCUT2D eigenvalue weighted by Crippen LogP contribution is -2.53. The molecule has 2 saturated heterocycles. The minimum absolute atomic E-state index is 0.149. The largest absolute Gasteiger partial charge is 0.493 e. The molecule has 1 aromatic carbocycles. The number of alkyl halides is 2. The van der Waals surface area contributed by atoms with Gasteiger partial charge < -0.3 is 23.8 Å². The first-order valence-electron chi connectivity index (χ1n) is 11.1. The number of hydrogen-bond donors (Lipinski definition) is 0. The van der Waals surface area contributed by atoms with E-state index in [1.165, 1.54) is 7.11 Å². The molecule has 0 bridgehead atoms. The van der Waals surface area contributed by atoms with Gasteiger partial charge in [0.05, 0.1) is 26.0 Å². The van der Waals surface area contributed by atoms with Gasteiger partial charge in [-0.25, -0.2) is 8.78 Å². The van der Waals surface area contributed by atoms with Crippen LogP contribution in [0.3, 0.4) is 0 Å². The standard InChI is InChI=1S/C24H26F2N2O5/c1-30-19-10-17(5-6-18(19)31-14-16-11-23(25,26)12-16)22(29)28-9-7-24(20-4-2-3-8-27-20)21(13-28)32-15-33-24/h2-6,8,10,16,21H,7,9,11-15H2,1H3. The van der Waals surface area contributed by atoms with E-state index in [-0.39, 0.29) is 44.2 Å². The molecule has 0 N–H and O–H groups in total. The Morgan fingerprint density at radius 3 is 2.82 bits per heavy atom. The fourth-order valence-corrected chi connectivity index (χ4v) is 4.85. The maximum atomic E-state index is 13.2. The number of pyridine rings is 1. The first kappa shape index (κ1) is 22.0. The number of fused-ring (bicyclic) bond motifs is 1. The molecular formula is C24H26F2N2O5. The monoisotopic (exact) mass is 460 g/mol. The lowest BCUT2D eigenvalue weighted by molar-refractivity contribution is -0.119. The Morgan fingerprint density at radius 1 is 1.24 bits per heavy atom. The Labute approximate surface area is 190 Å². The number of ether oxygens (including phenoxy) is 4. The molecular weight excluding hydrogens is 434 g/mol. The molecule has 2 aromatic rings. The van der Waals surface area contributed by atoms with Crippen molar-refractivity contribution in [2.75, 3.05) is 33.6 Å². The van der Waals surface area contributed by atoms with Crippen LogP contribution in [0, 0.1) is 5.92 Å². The summed E-state index contributed by atoms with van der Waals surface area (Å²) in [5, 5.41) is 0. The molecule has 0 spiro atoms. The van der Waals surface area contributed by atoms with Gasteiger partial charge in [-0.05, 0) is 30.3 Å². The van der Waals surface area contributed by atoms with Crippen molar-refractivity contribution in [2.24, 2.45) is 5.92 Å². The van der Waals surface area contributed by atoms with Crippen LogP contribution in [0.4, 0.5) is 8.78 Å². The van der Waals surface area contributed by atoms with Gasteiger partial charge in [0.25, 0.3) is 5.91 Å². The third kappa shape index (κ3) is 4.15. The molecule has 3 heterocycles. The molecule has 1 saturated carbocycles. The molecule has 176 valence electrons. The number of piperidine rings is 1. The highest BCUT2D eigenvalue weighted by Gasteiger charge is 2.52. The van der Waals surface area contributed by atoms with Crippen LogP contribution < -0.4 is 9.47 Å². The van der Waals surface area contributed by atoms with Gasteiger partial charge in [-0.1, -0.05) is 6.07 Å². The number of benzene rings is 1. The average molecular weight is 460 g/mol. The maximum absolute atomic E-state index is 13.2. The van der Waals surface area contributed by atoms with Gasteiger partial charge in [-0.2, -0.15) is 0 Å². The van der Waals surface area contributed by atoms with Crippen molar-refractivity contribution in [1.29, 1.82) is 0 Å². The summed E-state index contributed by atoms with van der Waals surface area (Å²) in [6.07, 6.45) is 1.68. The number of hydrogen-bond acceptors (Lipinski definition) is 6. The van der Waals surface area contributed by atoms with Crippen LogP contribution in [0.5, 0.6) is 11.5 Å². The van der Waals surface area contributed by atoms with Crippen LogP contribution in [0.1, 0.15) is 35.3 Å². The number of carbonyl (C=O) groups excluding carboxylic acids is 1. The van der Waals surface area contributed by atoms with Crippen molar-refractivity contribution < 1.29 is 32.5 Å². The summed E-state index contributed by atoms with van der Waals surface area (Å²) in [5.41, 5.74) is 0.622. The molecule has 1 aliphatic carbocycles. The second kappa shape index (κ2) is 8.53. The van der Waals surface area contributed by atoms with E-state index in [1.54, 1.807) is 29.3 Å². The van der Waals surface area contributed by atoms with Crippen molar-refractivity contribution in [1.82, 2.24) is 9.88 Å². The molecule has 2 aliphatic heterocycles. The predicted octanol–water partition coefficient (Wildman–Crippen LogP) is 3.63. The minimum Gasteiger partial charge on any atom is -0.493 e. The Hall–Kier alpha value is -2.78. The number of methoxy groups -OCH3 is 1. The van der Waals surface area contributed by atoms with Crippen LogP contribution in [-0.2, 0) is 15.1 Å². The van der Waals surface area contributed by atoms with Crippen molar-refractivity contribution in [2.45, 2.75) is 36.9 Å². The molecule has 2 atom stereocenters. The van der Waals surface area contributed by atoms with Gasteiger partial charge in [0.2, 0.25) is 5.92 Å². The number of likely N-dealkylation sites (tertiary alicyclic amines) is 1. The van der Waals surface area contributed by atoms with E-state index in [4.69, 9.17) is 18.9 Å². The van der Waals surface area contributed by atoms with Crippen LogP contribution in [0.2, 0.25) is 0 Å². The van der Waals surface area contributed by atoms with Gasteiger partial charge in [0.1, 0.15) is 18.5 Å². The summed E-state index contributed by atoms with van der Waals surface area (Å²) >= 11 is 0. The molecule has 9 heteroatoms. The van der Waals surface area contributed by atoms with Gasteiger partial charge in [-0.3, -0.25) is 9.78 Å². The zero-order chi connectivity index (χ0) is 23.1. The number of rotatable bonds is 6. The number of amides is 1. The fourth-order valence-electron chi connectivity index (χ4n) is 4.85. The number of aromatic nitrogens is 1. The zero-order valence-electron chi connectivity index (χ0n) is 18.3. The van der Waals surface area contributed by atoms with Crippen molar-refractivity contribution in [3.63, 3.8) is 0 Å². The summed E-state index contributed by atoms with van der Waals surface area (Å²) < 4.78 is 49.0. The van der Waals surface area contributed by atoms with E-state index in [0.717, 1.165) is 5.69 Å². The average Bonchev–Trinajstić information content (AvgIpc) is 3.25.